The second-order valence-electron chi connectivity index (χ2n) is 4.63. The molecular weight excluding hydrogens is 174 g/mol. The molecule has 0 aromatic rings. The maximum Gasteiger partial charge on any atom is 0.194 e. The van der Waals surface area contributed by atoms with Crippen molar-refractivity contribution in [2.24, 2.45) is 10.9 Å². The van der Waals surface area contributed by atoms with Crippen molar-refractivity contribution in [2.75, 3.05) is 19.6 Å². The summed E-state index contributed by atoms with van der Waals surface area (Å²) in [5.41, 5.74) is 0. The van der Waals surface area contributed by atoms with Crippen LogP contribution < -0.4 is 5.32 Å². The van der Waals surface area contributed by atoms with Crippen LogP contribution in [0.2, 0.25) is 0 Å². The van der Waals surface area contributed by atoms with Crippen LogP contribution in [0.25, 0.3) is 0 Å². The van der Waals surface area contributed by atoms with Gasteiger partial charge in [-0.2, -0.15) is 0 Å². The molecule has 2 heterocycles. The summed E-state index contributed by atoms with van der Waals surface area (Å²) in [6.45, 7) is 7.91. The molecule has 1 N–H and O–H groups in total. The van der Waals surface area contributed by atoms with Gasteiger partial charge in [-0.05, 0) is 25.2 Å². The molecule has 2 rings (SSSR count). The Kier molecular flexibility index (Phi) is 2.94. The first kappa shape index (κ1) is 9.81. The topological polar surface area (TPSA) is 27.6 Å². The van der Waals surface area contributed by atoms with E-state index in [9.17, 15) is 0 Å². The highest BCUT2D eigenvalue weighted by Gasteiger charge is 2.29. The number of rotatable bonds is 1. The van der Waals surface area contributed by atoms with Gasteiger partial charge in [0.25, 0.3) is 0 Å². The van der Waals surface area contributed by atoms with E-state index in [1.54, 1.807) is 0 Å². The Hall–Kier alpha value is -0.730. The predicted octanol–water partition coefficient (Wildman–Crippen LogP) is 1.46. The van der Waals surface area contributed by atoms with Gasteiger partial charge < -0.3 is 10.2 Å². The summed E-state index contributed by atoms with van der Waals surface area (Å²) in [5, 5.41) is 3.42. The predicted molar refractivity (Wildman–Crippen MR) is 59.5 cm³/mol. The minimum absolute atomic E-state index is 0.708. The van der Waals surface area contributed by atoms with Crippen molar-refractivity contribution in [2.45, 2.75) is 39.2 Å². The Morgan fingerprint density at radius 2 is 2.29 bits per heavy atom. The van der Waals surface area contributed by atoms with Crippen LogP contribution in [0.15, 0.2) is 4.99 Å². The van der Waals surface area contributed by atoms with Crippen molar-refractivity contribution in [3.05, 3.63) is 0 Å². The van der Waals surface area contributed by atoms with Crippen LogP contribution >= 0.6 is 0 Å². The van der Waals surface area contributed by atoms with Gasteiger partial charge in [-0.15, -0.1) is 0 Å². The average Bonchev–Trinajstić information content (AvgIpc) is 2.67. The first-order valence-electron chi connectivity index (χ1n) is 5.84. The van der Waals surface area contributed by atoms with Gasteiger partial charge in [0, 0.05) is 25.7 Å². The molecule has 2 aliphatic heterocycles. The third kappa shape index (κ3) is 1.86. The largest absolute Gasteiger partial charge is 0.356 e. The molecule has 2 aliphatic rings. The molecule has 1 atom stereocenters. The highest BCUT2D eigenvalue weighted by atomic mass is 15.3. The van der Waals surface area contributed by atoms with Gasteiger partial charge in [-0.25, -0.2) is 0 Å². The van der Waals surface area contributed by atoms with Gasteiger partial charge in [-0.3, -0.25) is 4.99 Å². The Morgan fingerprint density at radius 3 is 2.93 bits per heavy atom. The fourth-order valence-corrected chi connectivity index (χ4v) is 2.46. The van der Waals surface area contributed by atoms with E-state index in [1.807, 2.05) is 0 Å². The minimum Gasteiger partial charge on any atom is -0.356 e. The van der Waals surface area contributed by atoms with E-state index >= 15 is 0 Å². The molecule has 0 aromatic carbocycles. The Labute approximate surface area is 86.6 Å². The van der Waals surface area contributed by atoms with Crippen molar-refractivity contribution in [1.82, 2.24) is 10.2 Å². The zero-order valence-corrected chi connectivity index (χ0v) is 9.29. The van der Waals surface area contributed by atoms with Crippen molar-refractivity contribution in [1.29, 1.82) is 0 Å². The average molecular weight is 195 g/mol. The van der Waals surface area contributed by atoms with Gasteiger partial charge in [0.15, 0.2) is 5.96 Å². The van der Waals surface area contributed by atoms with Crippen molar-refractivity contribution < 1.29 is 0 Å². The van der Waals surface area contributed by atoms with Gasteiger partial charge in [0.05, 0.1) is 0 Å². The number of aliphatic imine (C=N–C) groups is 1. The molecule has 0 bridgehead atoms. The molecule has 0 radical (unpaired) electrons. The molecule has 1 saturated heterocycles. The second-order valence-corrected chi connectivity index (χ2v) is 4.63. The summed E-state index contributed by atoms with van der Waals surface area (Å²) < 4.78 is 0. The number of nitrogens with zero attached hydrogens (tertiary/aromatic N) is 2. The Morgan fingerprint density at radius 1 is 1.43 bits per heavy atom. The van der Waals surface area contributed by atoms with E-state index in [1.165, 1.54) is 25.8 Å². The number of hydrogen-bond donors (Lipinski definition) is 1. The molecule has 3 heteroatoms. The normalized spacial score (nSPS) is 27.8. The molecule has 14 heavy (non-hydrogen) atoms. The third-order valence-electron chi connectivity index (χ3n) is 3.22. The molecule has 3 nitrogen and oxygen atoms in total. The SMILES string of the molecule is CC(C)C1CCCN1C1=NCCCN1. The van der Waals surface area contributed by atoms with Crippen molar-refractivity contribution in [3.8, 4) is 0 Å². The smallest absolute Gasteiger partial charge is 0.194 e. The zero-order valence-electron chi connectivity index (χ0n) is 9.29. The van der Waals surface area contributed by atoms with Crippen molar-refractivity contribution in [3.63, 3.8) is 0 Å². The number of likely N-dealkylation sites (tertiary alicyclic amines) is 1. The lowest BCUT2D eigenvalue weighted by Gasteiger charge is -2.32. The highest BCUT2D eigenvalue weighted by molar-refractivity contribution is 5.81. The monoisotopic (exact) mass is 195 g/mol. The molecule has 1 unspecified atom stereocenters. The van der Waals surface area contributed by atoms with Crippen LogP contribution in [0, 0.1) is 5.92 Å². The van der Waals surface area contributed by atoms with Gasteiger partial charge in [0.1, 0.15) is 0 Å². The summed E-state index contributed by atoms with van der Waals surface area (Å²) in [6, 6.07) is 0.708. The highest BCUT2D eigenvalue weighted by Crippen LogP contribution is 2.23. The van der Waals surface area contributed by atoms with E-state index in [0.29, 0.717) is 6.04 Å². The third-order valence-corrected chi connectivity index (χ3v) is 3.22. The molecule has 1 fully saturated rings. The molecule has 0 saturated carbocycles. The fraction of sp³-hybridized carbons (Fsp3) is 0.909. The zero-order chi connectivity index (χ0) is 9.97. The Balaban J connectivity index is 2.04. The molecule has 80 valence electrons. The summed E-state index contributed by atoms with van der Waals surface area (Å²) >= 11 is 0. The van der Waals surface area contributed by atoms with E-state index < -0.39 is 0 Å². The molecule has 0 aliphatic carbocycles. The van der Waals surface area contributed by atoms with E-state index in [0.717, 1.165) is 25.0 Å². The number of guanidine groups is 1. The van der Waals surface area contributed by atoms with Crippen LogP contribution in [0.1, 0.15) is 33.1 Å². The maximum absolute atomic E-state index is 4.58. The van der Waals surface area contributed by atoms with Gasteiger partial charge >= 0.3 is 0 Å². The summed E-state index contributed by atoms with van der Waals surface area (Å²) in [7, 11) is 0. The second kappa shape index (κ2) is 4.20. The summed E-state index contributed by atoms with van der Waals surface area (Å²) in [6.07, 6.45) is 3.84. The quantitative estimate of drug-likeness (QED) is 0.686. The number of hydrogen-bond acceptors (Lipinski definition) is 3. The Bertz CT molecular complexity index is 223. The molecule has 0 aromatic heterocycles. The van der Waals surface area contributed by atoms with Crippen LogP contribution in [-0.4, -0.2) is 36.5 Å². The van der Waals surface area contributed by atoms with Crippen LogP contribution in [0.3, 0.4) is 0 Å². The van der Waals surface area contributed by atoms with E-state index in [2.05, 4.69) is 29.1 Å². The van der Waals surface area contributed by atoms with Crippen LogP contribution in [0.4, 0.5) is 0 Å². The standard InChI is InChI=1S/C11H21N3/c1-9(2)10-5-3-8-14(10)11-12-6-4-7-13-11/h9-10H,3-8H2,1-2H3,(H,12,13). The minimum atomic E-state index is 0.708. The van der Waals surface area contributed by atoms with Crippen LogP contribution in [0.5, 0.6) is 0 Å². The van der Waals surface area contributed by atoms with Gasteiger partial charge in [-0.1, -0.05) is 13.8 Å². The van der Waals surface area contributed by atoms with Gasteiger partial charge in [0.2, 0.25) is 0 Å². The molecule has 0 spiro atoms. The lowest BCUT2D eigenvalue weighted by Crippen LogP contribution is -2.47. The number of nitrogens with one attached hydrogen (secondary N) is 1. The summed E-state index contributed by atoms with van der Waals surface area (Å²) in [5.74, 6) is 1.90. The first-order valence-corrected chi connectivity index (χ1v) is 5.84. The lowest BCUT2D eigenvalue weighted by atomic mass is 10.0. The lowest BCUT2D eigenvalue weighted by molar-refractivity contribution is 0.297. The van der Waals surface area contributed by atoms with Crippen molar-refractivity contribution >= 4 is 5.96 Å². The van der Waals surface area contributed by atoms with E-state index in [-0.39, 0.29) is 0 Å². The summed E-state index contributed by atoms with van der Waals surface area (Å²) in [4.78, 5) is 7.05. The first-order chi connectivity index (χ1) is 6.79. The molecule has 0 amide bonds. The van der Waals surface area contributed by atoms with E-state index in [4.69, 9.17) is 0 Å². The fourth-order valence-electron chi connectivity index (χ4n) is 2.46. The maximum atomic E-state index is 4.58. The molecular formula is C11H21N3. The van der Waals surface area contributed by atoms with Crippen LogP contribution in [-0.2, 0) is 0 Å².